The van der Waals surface area contributed by atoms with Gasteiger partial charge in [-0.15, -0.1) is 0 Å². The van der Waals surface area contributed by atoms with Crippen LogP contribution in [0.25, 0.3) is 0 Å². The van der Waals surface area contributed by atoms with Crippen molar-refractivity contribution in [3.63, 3.8) is 0 Å². The van der Waals surface area contributed by atoms with E-state index in [0.29, 0.717) is 18.7 Å². The summed E-state index contributed by atoms with van der Waals surface area (Å²) >= 11 is 0. The summed E-state index contributed by atoms with van der Waals surface area (Å²) in [5.41, 5.74) is 2.15. The second-order valence-corrected chi connectivity index (χ2v) is 11.5. The number of rotatable bonds is 7. The molecule has 2 heterocycles. The Morgan fingerprint density at radius 1 is 1.24 bits per heavy atom. The molecule has 0 aliphatic carbocycles. The number of carbonyl (C=O) groups is 2. The molecule has 34 heavy (non-hydrogen) atoms. The van der Waals surface area contributed by atoms with Gasteiger partial charge in [-0.25, -0.2) is 0 Å². The Kier molecular flexibility index (Phi) is 10.4. The van der Waals surface area contributed by atoms with Crippen molar-refractivity contribution < 1.29 is 24.2 Å². The third-order valence-electron chi connectivity index (χ3n) is 6.48. The van der Waals surface area contributed by atoms with E-state index in [9.17, 15) is 14.7 Å². The number of unbranched alkanes of at least 4 members (excludes halogenated alkanes) is 1. The van der Waals surface area contributed by atoms with Crippen LogP contribution in [0.2, 0.25) is 0 Å². The van der Waals surface area contributed by atoms with Crippen molar-refractivity contribution in [2.24, 2.45) is 16.8 Å². The number of aromatic hydroxyl groups is 1. The highest BCUT2D eigenvalue weighted by Crippen LogP contribution is 2.41. The Bertz CT molecular complexity index is 916. The Morgan fingerprint density at radius 2 is 2.03 bits per heavy atom. The maximum Gasteiger partial charge on any atom is 0.302 e. The molecule has 1 aromatic carbocycles. The SMILES string of the molecule is CCCC[C@H]1[C@@H](OC(C)=O)CC(=O)C[C@@H](c2ccc(O)c(OC)c2)CSSC[C@H]1C1=CCN=C1. The molecule has 0 radical (unpaired) electrons. The molecule has 3 rings (SSSR count). The molecule has 2 aliphatic heterocycles. The number of ketones is 1. The van der Waals surface area contributed by atoms with Crippen LogP contribution < -0.4 is 4.74 Å². The van der Waals surface area contributed by atoms with Crippen LogP contribution in [0, 0.1) is 11.8 Å². The molecule has 1 fully saturated rings. The second-order valence-electron chi connectivity index (χ2n) is 8.90. The van der Waals surface area contributed by atoms with Crippen LogP contribution in [0.1, 0.15) is 57.4 Å². The molecule has 4 atom stereocenters. The van der Waals surface area contributed by atoms with Crippen molar-refractivity contribution in [1.82, 2.24) is 0 Å². The number of methoxy groups -OCH3 is 1. The first-order valence-corrected chi connectivity index (χ1v) is 14.4. The van der Waals surface area contributed by atoms with Gasteiger partial charge < -0.3 is 14.6 Å². The summed E-state index contributed by atoms with van der Waals surface area (Å²) in [4.78, 5) is 29.8. The predicted octanol–water partition coefficient (Wildman–Crippen LogP) is 5.59. The standard InChI is InChI=1S/C26H35NO5S2/c1-4-5-6-22-23(19-9-10-27-14-19)16-34-33-15-20(11-21(29)13-25(22)32-17(2)28)18-7-8-24(30)26(12-18)31-3/h7-9,12,14,20,22-23,25,30H,4-6,10-11,13,15-16H2,1-3H3/t20-,22-,23+,25+/m1/s1. The maximum atomic E-state index is 13.3. The Balaban J connectivity index is 1.91. The fraction of sp³-hybridized carbons (Fsp3) is 0.577. The molecule has 2 aliphatic rings. The largest absolute Gasteiger partial charge is 0.504 e. The van der Waals surface area contributed by atoms with Crippen molar-refractivity contribution in [2.45, 2.75) is 58.0 Å². The van der Waals surface area contributed by atoms with Gasteiger partial charge in [0.25, 0.3) is 0 Å². The number of hydrogen-bond donors (Lipinski definition) is 1. The molecule has 0 saturated carbocycles. The molecule has 0 bridgehead atoms. The monoisotopic (exact) mass is 505 g/mol. The first-order valence-electron chi connectivity index (χ1n) is 11.9. The molecule has 1 N–H and O–H groups in total. The van der Waals surface area contributed by atoms with Gasteiger partial charge in [-0.1, -0.05) is 53.5 Å². The van der Waals surface area contributed by atoms with E-state index in [1.165, 1.54) is 19.6 Å². The van der Waals surface area contributed by atoms with Gasteiger partial charge in [0.05, 0.1) is 13.7 Å². The number of Topliss-reactive ketones (excluding diaryl/α,β-unsaturated/α-hetero) is 1. The first-order chi connectivity index (χ1) is 16.4. The Labute approximate surface area is 210 Å². The van der Waals surface area contributed by atoms with Crippen LogP contribution in [0.3, 0.4) is 0 Å². The molecular weight excluding hydrogens is 470 g/mol. The van der Waals surface area contributed by atoms with Crippen LogP contribution in [0.5, 0.6) is 11.5 Å². The van der Waals surface area contributed by atoms with E-state index >= 15 is 0 Å². The third-order valence-corrected chi connectivity index (χ3v) is 9.00. The summed E-state index contributed by atoms with van der Waals surface area (Å²) < 4.78 is 11.1. The number of benzene rings is 1. The third kappa shape index (κ3) is 7.28. The quantitative estimate of drug-likeness (QED) is 0.382. The molecule has 0 spiro atoms. The van der Waals surface area contributed by atoms with Gasteiger partial charge in [0.15, 0.2) is 11.5 Å². The number of aliphatic imine (C=N–C) groups is 1. The van der Waals surface area contributed by atoms with E-state index in [2.05, 4.69) is 18.0 Å². The fourth-order valence-corrected chi connectivity index (χ4v) is 7.48. The summed E-state index contributed by atoms with van der Waals surface area (Å²) in [7, 11) is 5.10. The van der Waals surface area contributed by atoms with E-state index in [-0.39, 0.29) is 41.7 Å². The minimum atomic E-state index is -0.449. The number of carbonyl (C=O) groups excluding carboxylic acids is 2. The highest BCUT2D eigenvalue weighted by atomic mass is 33.1. The van der Waals surface area contributed by atoms with Gasteiger partial charge in [0.1, 0.15) is 11.9 Å². The fourth-order valence-electron chi connectivity index (χ4n) is 4.72. The molecule has 8 heteroatoms. The van der Waals surface area contributed by atoms with Gasteiger partial charge in [-0.3, -0.25) is 14.6 Å². The van der Waals surface area contributed by atoms with Crippen LogP contribution in [-0.4, -0.2) is 54.3 Å². The maximum absolute atomic E-state index is 13.3. The smallest absolute Gasteiger partial charge is 0.302 e. The number of esters is 1. The second kappa shape index (κ2) is 13.2. The van der Waals surface area contributed by atoms with Crippen molar-refractivity contribution in [3.05, 3.63) is 35.4 Å². The van der Waals surface area contributed by atoms with Gasteiger partial charge in [0.2, 0.25) is 0 Å². The summed E-state index contributed by atoms with van der Waals surface area (Å²) in [6.45, 7) is 4.27. The lowest BCUT2D eigenvalue weighted by molar-refractivity contribution is -0.151. The lowest BCUT2D eigenvalue weighted by Crippen LogP contribution is -2.36. The average molecular weight is 506 g/mol. The van der Waals surface area contributed by atoms with Crippen molar-refractivity contribution >= 4 is 39.6 Å². The Morgan fingerprint density at radius 3 is 2.71 bits per heavy atom. The molecular formula is C26H35NO5S2. The van der Waals surface area contributed by atoms with Crippen molar-refractivity contribution in [1.29, 1.82) is 0 Å². The number of phenols is 1. The topological polar surface area (TPSA) is 85.2 Å². The molecule has 0 amide bonds. The van der Waals surface area contributed by atoms with Gasteiger partial charge in [-0.2, -0.15) is 0 Å². The number of allylic oxidation sites excluding steroid dienone is 1. The van der Waals surface area contributed by atoms with Gasteiger partial charge >= 0.3 is 5.97 Å². The number of nitrogens with zero attached hydrogens (tertiary/aromatic N) is 1. The van der Waals surface area contributed by atoms with Crippen molar-refractivity contribution in [3.8, 4) is 11.5 Å². The predicted molar refractivity (Wildman–Crippen MR) is 140 cm³/mol. The van der Waals surface area contributed by atoms with Gasteiger partial charge in [0, 0.05) is 55.2 Å². The van der Waals surface area contributed by atoms with E-state index < -0.39 is 6.10 Å². The van der Waals surface area contributed by atoms with E-state index in [1.807, 2.05) is 29.1 Å². The summed E-state index contributed by atoms with van der Waals surface area (Å²) in [6.07, 6.45) is 7.20. The van der Waals surface area contributed by atoms with Gasteiger partial charge in [-0.05, 0) is 29.7 Å². The lowest BCUT2D eigenvalue weighted by Gasteiger charge is -2.33. The average Bonchev–Trinajstić information content (AvgIpc) is 3.33. The minimum Gasteiger partial charge on any atom is -0.504 e. The first kappa shape index (κ1) is 26.7. The number of ether oxygens (including phenoxy) is 2. The van der Waals surface area contributed by atoms with E-state index in [0.717, 1.165) is 36.3 Å². The highest BCUT2D eigenvalue weighted by molar-refractivity contribution is 8.76. The summed E-state index contributed by atoms with van der Waals surface area (Å²) in [5.74, 6) is 2.10. The normalized spacial score (nSPS) is 26.0. The molecule has 1 aromatic rings. The number of phenolic OH excluding ortho intramolecular Hbond substituents is 1. The van der Waals surface area contributed by atoms with Crippen molar-refractivity contribution in [2.75, 3.05) is 25.2 Å². The molecule has 186 valence electrons. The molecule has 0 unspecified atom stereocenters. The van der Waals surface area contributed by atoms with E-state index in [4.69, 9.17) is 9.47 Å². The zero-order valence-electron chi connectivity index (χ0n) is 20.2. The highest BCUT2D eigenvalue weighted by Gasteiger charge is 2.36. The molecule has 1 saturated heterocycles. The molecule has 0 aromatic heterocycles. The zero-order valence-corrected chi connectivity index (χ0v) is 21.8. The number of hydrogen-bond acceptors (Lipinski definition) is 8. The van der Waals surface area contributed by atoms with Crippen LogP contribution in [-0.2, 0) is 14.3 Å². The minimum absolute atomic E-state index is 0.0182. The van der Waals surface area contributed by atoms with Crippen LogP contribution in [0.4, 0.5) is 0 Å². The van der Waals surface area contributed by atoms with Crippen LogP contribution in [0.15, 0.2) is 34.8 Å². The van der Waals surface area contributed by atoms with E-state index in [1.54, 1.807) is 16.9 Å². The summed E-state index contributed by atoms with van der Waals surface area (Å²) in [6, 6.07) is 5.29. The Hall–Kier alpha value is -1.93. The molecule has 6 nitrogen and oxygen atoms in total. The lowest BCUT2D eigenvalue weighted by atomic mass is 9.78. The summed E-state index contributed by atoms with van der Waals surface area (Å²) in [5, 5.41) is 9.99. The zero-order chi connectivity index (χ0) is 24.5. The van der Waals surface area contributed by atoms with Crippen LogP contribution >= 0.6 is 21.6 Å².